The quantitative estimate of drug-likeness (QED) is 0.221. The molecule has 0 radical (unpaired) electrons. The van der Waals surface area contributed by atoms with Crippen LogP contribution < -0.4 is 5.32 Å². The van der Waals surface area contributed by atoms with E-state index in [2.05, 4.69) is 60.2 Å². The van der Waals surface area contributed by atoms with E-state index in [0.29, 0.717) is 5.11 Å². The van der Waals surface area contributed by atoms with E-state index in [1.165, 1.54) is 0 Å². The molecule has 0 aliphatic heterocycles. The predicted octanol–water partition coefficient (Wildman–Crippen LogP) is 2.84. The maximum atomic E-state index is 4.67. The number of halogens is 2. The summed E-state index contributed by atoms with van der Waals surface area (Å²) in [6, 6.07) is 5.75. The number of aromatic nitrogens is 1. The van der Waals surface area contributed by atoms with E-state index in [-0.39, 0.29) is 0 Å². The van der Waals surface area contributed by atoms with Gasteiger partial charge >= 0.3 is 33.3 Å². The average molecular weight is 371 g/mol. The number of nitrogens with zero attached hydrogens (tertiary/aromatic N) is 3. The van der Waals surface area contributed by atoms with Crippen molar-refractivity contribution in [1.29, 1.82) is 0 Å². The Bertz CT molecular complexity index is 404. The molecule has 0 fully saturated rings. The van der Waals surface area contributed by atoms with E-state index in [9.17, 15) is 0 Å². The molecule has 0 aromatic carbocycles. The van der Waals surface area contributed by atoms with Gasteiger partial charge in [-0.05, 0) is 25.5 Å². The van der Waals surface area contributed by atoms with Gasteiger partial charge in [0.2, 0.25) is 0 Å². The fourth-order valence-corrected chi connectivity index (χ4v) is 1.21. The molecule has 0 spiro atoms. The summed E-state index contributed by atoms with van der Waals surface area (Å²) in [5.74, 6) is 0. The van der Waals surface area contributed by atoms with Crippen LogP contribution in [-0.2, 0) is 25.4 Å². The average Bonchev–Trinajstić information content (AvgIpc) is 2.37. The second kappa shape index (κ2) is 12.8. The van der Waals surface area contributed by atoms with Gasteiger partial charge in [0.25, 0.3) is 0 Å². The molecule has 19 heavy (non-hydrogen) atoms. The van der Waals surface area contributed by atoms with Crippen molar-refractivity contribution in [3.05, 3.63) is 35.0 Å². The summed E-state index contributed by atoms with van der Waals surface area (Å²) in [5.41, 5.74) is 5.64. The second-order valence-corrected chi connectivity index (χ2v) is 5.32. The topological polar surface area (TPSA) is 51.4 Å². The van der Waals surface area contributed by atoms with Crippen LogP contribution in [0.1, 0.15) is 24.7 Å². The van der Waals surface area contributed by atoms with Gasteiger partial charge in [0.1, 0.15) is 0 Å². The molecule has 8 heteroatoms. The molecule has 1 aromatic rings. The van der Waals surface area contributed by atoms with E-state index in [1.54, 1.807) is 6.21 Å². The van der Waals surface area contributed by atoms with Gasteiger partial charge in [0.05, 0.1) is 5.69 Å². The van der Waals surface area contributed by atoms with Gasteiger partial charge in [-0.25, -0.2) is 0 Å². The molecule has 0 atom stereocenters. The first kappa shape index (κ1) is 18.8. The number of thiol groups is 1. The monoisotopic (exact) mass is 369 g/mol. The SMILES string of the molecule is CCCNC(=[SH+])[N-]N=Cc1cccc(C)n1.[Cl][Cu][Cl]. The number of rotatable bonds is 4. The van der Waals surface area contributed by atoms with Crippen molar-refractivity contribution in [2.24, 2.45) is 5.10 Å². The summed E-state index contributed by atoms with van der Waals surface area (Å²) in [6.07, 6.45) is 2.64. The molecule has 0 aliphatic rings. The Morgan fingerprint density at radius 1 is 1.58 bits per heavy atom. The fraction of sp³-hybridized carbons (Fsp3) is 0.364. The third-order valence-electron chi connectivity index (χ3n) is 1.79. The summed E-state index contributed by atoms with van der Waals surface area (Å²) in [4.78, 5) is 4.27. The summed E-state index contributed by atoms with van der Waals surface area (Å²) in [6.45, 7) is 4.86. The summed E-state index contributed by atoms with van der Waals surface area (Å²) >= 11 is 4.89. The Balaban J connectivity index is 0.000000982. The third-order valence-corrected chi connectivity index (χ3v) is 2.03. The molecule has 1 heterocycles. The number of hydrogen-bond acceptors (Lipinski definition) is 2. The van der Waals surface area contributed by atoms with E-state index in [0.717, 1.165) is 37.5 Å². The maximum absolute atomic E-state index is 4.67. The van der Waals surface area contributed by atoms with Crippen LogP contribution in [0.25, 0.3) is 5.43 Å². The molecular weight excluding hydrogens is 355 g/mol. The second-order valence-electron chi connectivity index (χ2n) is 3.34. The van der Waals surface area contributed by atoms with E-state index < -0.39 is 0 Å². The molecular formula is C11H16Cl2CuN4S. The van der Waals surface area contributed by atoms with Crippen LogP contribution in [0.2, 0.25) is 0 Å². The zero-order valence-corrected chi connectivity index (χ0v) is 13.9. The van der Waals surface area contributed by atoms with Crippen molar-refractivity contribution >= 4 is 43.7 Å². The summed E-state index contributed by atoms with van der Waals surface area (Å²) < 4.78 is 0. The Kier molecular flexibility index (Phi) is 12.6. The zero-order chi connectivity index (χ0) is 14.5. The minimum absolute atomic E-state index is 0.519. The molecule has 1 rings (SSSR count). The molecule has 0 bridgehead atoms. The minimum atomic E-state index is 0.519. The van der Waals surface area contributed by atoms with Crippen molar-refractivity contribution in [1.82, 2.24) is 10.3 Å². The van der Waals surface area contributed by atoms with Crippen molar-refractivity contribution in [2.75, 3.05) is 6.54 Å². The number of hydrogen-bond donors (Lipinski definition) is 1. The van der Waals surface area contributed by atoms with Gasteiger partial charge in [0, 0.05) is 18.5 Å². The van der Waals surface area contributed by atoms with Crippen molar-refractivity contribution < 1.29 is 13.1 Å². The van der Waals surface area contributed by atoms with Gasteiger partial charge in [0.15, 0.2) is 17.3 Å². The molecule has 0 saturated carbocycles. The Morgan fingerprint density at radius 2 is 2.26 bits per heavy atom. The predicted molar refractivity (Wildman–Crippen MR) is 83.7 cm³/mol. The molecule has 1 N–H and O–H groups in total. The van der Waals surface area contributed by atoms with Gasteiger partial charge in [-0.3, -0.25) is 10.3 Å². The summed E-state index contributed by atoms with van der Waals surface area (Å²) in [5, 5.41) is 7.43. The zero-order valence-electron chi connectivity index (χ0n) is 10.6. The molecule has 0 aliphatic carbocycles. The Hall–Kier alpha value is -0.231. The Morgan fingerprint density at radius 3 is 2.84 bits per heavy atom. The molecule has 1 aromatic heterocycles. The first-order valence-electron chi connectivity index (χ1n) is 5.42. The first-order valence-corrected chi connectivity index (χ1v) is 8.46. The molecule has 111 valence electrons. The van der Waals surface area contributed by atoms with E-state index in [1.807, 2.05) is 25.1 Å². The van der Waals surface area contributed by atoms with Gasteiger partial charge in [-0.2, -0.15) is 0 Å². The van der Waals surface area contributed by atoms with Crippen LogP contribution in [0, 0.1) is 6.92 Å². The van der Waals surface area contributed by atoms with Crippen LogP contribution in [-0.4, -0.2) is 22.9 Å². The van der Waals surface area contributed by atoms with Gasteiger partial charge in [-0.1, -0.05) is 13.0 Å². The first-order chi connectivity index (χ1) is 9.13. The molecule has 0 amide bonds. The standard InChI is InChI=1S/C11H16N4S.2ClH.Cu/c1-3-7-12-11(16)15-13-8-10-6-4-5-9(2)14-10;;;/h4-6,8H,3,7H2,1-2H3,(H2,12,14,15,16);2*1H;/q;;;+2/p-2. The van der Waals surface area contributed by atoms with E-state index >= 15 is 0 Å². The van der Waals surface area contributed by atoms with Crippen LogP contribution >= 0.6 is 20.2 Å². The van der Waals surface area contributed by atoms with Crippen molar-refractivity contribution in [2.45, 2.75) is 20.3 Å². The molecule has 0 saturated heterocycles. The van der Waals surface area contributed by atoms with Crippen LogP contribution in [0.3, 0.4) is 0 Å². The number of nitrogens with one attached hydrogen (secondary N) is 1. The van der Waals surface area contributed by atoms with Gasteiger partial charge in [-0.15, -0.1) is 0 Å². The van der Waals surface area contributed by atoms with Gasteiger partial charge < -0.3 is 10.5 Å². The van der Waals surface area contributed by atoms with Crippen LogP contribution in [0.5, 0.6) is 0 Å². The van der Waals surface area contributed by atoms with E-state index in [4.69, 9.17) is 0 Å². The van der Waals surface area contributed by atoms with Crippen molar-refractivity contribution in [3.63, 3.8) is 0 Å². The number of aryl methyl sites for hydroxylation is 1. The van der Waals surface area contributed by atoms with Crippen molar-refractivity contribution in [3.8, 4) is 0 Å². The molecule has 4 nitrogen and oxygen atoms in total. The fourth-order valence-electron chi connectivity index (χ4n) is 1.05. The Labute approximate surface area is 134 Å². The molecule has 0 unspecified atom stereocenters. The number of pyridine rings is 1. The van der Waals surface area contributed by atoms with Crippen LogP contribution in [0.4, 0.5) is 0 Å². The summed E-state index contributed by atoms with van der Waals surface area (Å²) in [7, 11) is 9.34. The van der Waals surface area contributed by atoms with Crippen LogP contribution in [0.15, 0.2) is 23.3 Å². The third kappa shape index (κ3) is 11.3. The normalized spacial score (nSPS) is 10.1.